The minimum Gasteiger partial charge on any atom is -0.494 e. The van der Waals surface area contributed by atoms with E-state index in [9.17, 15) is 26.4 Å². The van der Waals surface area contributed by atoms with Crippen molar-refractivity contribution in [3.05, 3.63) is 30.0 Å². The lowest BCUT2D eigenvalue weighted by Crippen LogP contribution is -2.49. The predicted molar refractivity (Wildman–Crippen MR) is 151 cm³/mol. The lowest BCUT2D eigenvalue weighted by molar-refractivity contribution is -0.137. The molecular weight excluding hydrogens is 561 g/mol. The summed E-state index contributed by atoms with van der Waals surface area (Å²) in [5.74, 6) is -0.00890. The van der Waals surface area contributed by atoms with Crippen LogP contribution >= 0.6 is 0 Å². The number of likely N-dealkylation sites (N-methyl/N-ethyl adjacent to an activating group) is 1. The number of methoxy groups -OCH3 is 1. The topological polar surface area (TPSA) is 126 Å². The summed E-state index contributed by atoms with van der Waals surface area (Å²) in [5.41, 5.74) is -0.135. The maximum Gasteiger partial charge on any atom is 0.421 e. The molecule has 1 aromatic carbocycles. The van der Waals surface area contributed by atoms with Gasteiger partial charge in [-0.3, -0.25) is 4.79 Å². The molecular formula is C27H37F3N6O4S. The quantitative estimate of drug-likeness (QED) is 0.358. The molecule has 2 saturated carbocycles. The summed E-state index contributed by atoms with van der Waals surface area (Å²) in [6.45, 7) is 2.07. The number of benzene rings is 1. The van der Waals surface area contributed by atoms with Crippen LogP contribution in [0.5, 0.6) is 5.75 Å². The van der Waals surface area contributed by atoms with Crippen molar-refractivity contribution >= 4 is 39.1 Å². The van der Waals surface area contributed by atoms with Crippen LogP contribution in [0.25, 0.3) is 0 Å². The number of hydrogen-bond donors (Lipinski definition) is 3. The average molecular weight is 599 g/mol. The van der Waals surface area contributed by atoms with Gasteiger partial charge in [-0.25, -0.2) is 17.7 Å². The van der Waals surface area contributed by atoms with Gasteiger partial charge < -0.3 is 20.7 Å². The second-order valence-corrected chi connectivity index (χ2v) is 12.9. The Bertz CT molecular complexity index is 1360. The lowest BCUT2D eigenvalue weighted by atomic mass is 9.90. The Morgan fingerprint density at radius 2 is 1.85 bits per heavy atom. The van der Waals surface area contributed by atoms with Crippen LogP contribution in [0, 0.1) is 11.8 Å². The van der Waals surface area contributed by atoms with Gasteiger partial charge >= 0.3 is 6.18 Å². The van der Waals surface area contributed by atoms with E-state index < -0.39 is 39.7 Å². The first-order valence-corrected chi connectivity index (χ1v) is 15.5. The van der Waals surface area contributed by atoms with Gasteiger partial charge in [-0.05, 0) is 43.7 Å². The van der Waals surface area contributed by atoms with Crippen LogP contribution in [0.3, 0.4) is 0 Å². The Balaban J connectivity index is 1.57. The number of anilines is 4. The van der Waals surface area contributed by atoms with Gasteiger partial charge in [0.05, 0.1) is 19.1 Å². The Kier molecular flexibility index (Phi) is 9.32. The fraction of sp³-hybridized carbons (Fsp3) is 0.593. The smallest absolute Gasteiger partial charge is 0.421 e. The summed E-state index contributed by atoms with van der Waals surface area (Å²) in [7, 11) is -0.683. The standard InChI is InChI=1S/C27H37F3N6O4S/c1-16-8-7-9-18(16)25(37)32-17-12-13-21(23(14-17)40-3)34-26-31-15-19(27(28,29)30)24(35-26)33-20-10-5-6-11-22(20)36(2)41(4,38)39/h12-16,18,20,22H,5-11H2,1-4H3,(H,32,37)(H2,31,33,34,35)/t16?,18?,20-,22-/m1/s1. The van der Waals surface area contributed by atoms with E-state index in [-0.39, 0.29) is 17.8 Å². The highest BCUT2D eigenvalue weighted by molar-refractivity contribution is 7.88. The maximum atomic E-state index is 13.9. The number of ether oxygens (including phenoxy) is 1. The van der Waals surface area contributed by atoms with E-state index in [1.807, 2.05) is 0 Å². The van der Waals surface area contributed by atoms with E-state index in [0.717, 1.165) is 38.4 Å². The first kappa shape index (κ1) is 30.8. The molecule has 2 aliphatic carbocycles. The molecule has 41 heavy (non-hydrogen) atoms. The number of halogens is 3. The number of nitrogens with zero attached hydrogens (tertiary/aromatic N) is 3. The highest BCUT2D eigenvalue weighted by atomic mass is 32.2. The van der Waals surface area contributed by atoms with Crippen molar-refractivity contribution in [2.75, 3.05) is 36.4 Å². The molecule has 0 radical (unpaired) electrons. The van der Waals surface area contributed by atoms with Gasteiger partial charge in [0.25, 0.3) is 0 Å². The van der Waals surface area contributed by atoms with Crippen molar-refractivity contribution in [1.29, 1.82) is 0 Å². The molecule has 1 amide bonds. The van der Waals surface area contributed by atoms with Crippen molar-refractivity contribution in [2.24, 2.45) is 11.8 Å². The van der Waals surface area contributed by atoms with Crippen molar-refractivity contribution < 1.29 is 31.1 Å². The van der Waals surface area contributed by atoms with Gasteiger partial charge in [-0.1, -0.05) is 26.2 Å². The molecule has 0 saturated heterocycles. The van der Waals surface area contributed by atoms with Crippen molar-refractivity contribution in [2.45, 2.75) is 70.1 Å². The van der Waals surface area contributed by atoms with Gasteiger partial charge in [-0.15, -0.1) is 0 Å². The van der Waals surface area contributed by atoms with Crippen LogP contribution in [0.15, 0.2) is 24.4 Å². The molecule has 2 fully saturated rings. The highest BCUT2D eigenvalue weighted by Gasteiger charge is 2.38. The first-order chi connectivity index (χ1) is 19.3. The number of amides is 1. The lowest BCUT2D eigenvalue weighted by Gasteiger charge is -2.37. The minimum absolute atomic E-state index is 0.0498. The number of nitrogens with one attached hydrogen (secondary N) is 3. The van der Waals surface area contributed by atoms with Crippen molar-refractivity contribution in [1.82, 2.24) is 14.3 Å². The van der Waals surface area contributed by atoms with Gasteiger partial charge in [-0.2, -0.15) is 18.2 Å². The van der Waals surface area contributed by atoms with Gasteiger partial charge in [0.2, 0.25) is 21.9 Å². The van der Waals surface area contributed by atoms with E-state index in [1.165, 1.54) is 18.5 Å². The summed E-state index contributed by atoms with van der Waals surface area (Å²) in [6, 6.07) is 3.81. The number of sulfonamides is 1. The van der Waals surface area contributed by atoms with Gasteiger partial charge in [0.15, 0.2) is 0 Å². The molecule has 226 valence electrons. The third kappa shape index (κ3) is 7.39. The van der Waals surface area contributed by atoms with E-state index in [4.69, 9.17) is 4.74 Å². The van der Waals surface area contributed by atoms with Crippen LogP contribution in [0.4, 0.5) is 36.3 Å². The van der Waals surface area contributed by atoms with Crippen LogP contribution < -0.4 is 20.7 Å². The van der Waals surface area contributed by atoms with Crippen LogP contribution in [0.2, 0.25) is 0 Å². The largest absolute Gasteiger partial charge is 0.494 e. The second-order valence-electron chi connectivity index (χ2n) is 10.9. The highest BCUT2D eigenvalue weighted by Crippen LogP contribution is 2.37. The van der Waals surface area contributed by atoms with Crippen LogP contribution in [-0.4, -0.2) is 61.1 Å². The van der Waals surface area contributed by atoms with Crippen LogP contribution in [-0.2, 0) is 21.0 Å². The Hall–Kier alpha value is -3.13. The van der Waals surface area contributed by atoms with Crippen LogP contribution in [0.1, 0.15) is 57.4 Å². The SMILES string of the molecule is COc1cc(NC(=O)C2CCCC2C)ccc1Nc1ncc(C(F)(F)F)c(N[C@@H]2CCCC[C@H]2N(C)S(C)(=O)=O)n1. The van der Waals surface area contributed by atoms with Crippen molar-refractivity contribution in [3.8, 4) is 5.75 Å². The first-order valence-electron chi connectivity index (χ1n) is 13.7. The normalized spacial score (nSPS) is 23.3. The maximum absolute atomic E-state index is 13.9. The number of hydrogen-bond acceptors (Lipinski definition) is 8. The number of aromatic nitrogens is 2. The molecule has 2 aliphatic rings. The van der Waals surface area contributed by atoms with Gasteiger partial charge in [0.1, 0.15) is 17.1 Å². The molecule has 3 N–H and O–H groups in total. The monoisotopic (exact) mass is 598 g/mol. The Labute approximate surface area is 238 Å². The van der Waals surface area contributed by atoms with E-state index in [2.05, 4.69) is 32.8 Å². The Morgan fingerprint density at radius 1 is 1.12 bits per heavy atom. The van der Waals surface area contributed by atoms with Crippen molar-refractivity contribution in [3.63, 3.8) is 0 Å². The summed E-state index contributed by atoms with van der Waals surface area (Å²) in [5, 5.41) is 8.71. The molecule has 0 spiro atoms. The van der Waals surface area contributed by atoms with Gasteiger partial charge in [0, 0.05) is 43.0 Å². The molecule has 10 nitrogen and oxygen atoms in total. The minimum atomic E-state index is -4.73. The molecule has 2 unspecified atom stereocenters. The molecule has 0 bridgehead atoms. The number of alkyl halides is 3. The zero-order valence-corrected chi connectivity index (χ0v) is 24.4. The number of carbonyl (C=O) groups is 1. The second kappa shape index (κ2) is 12.4. The molecule has 1 heterocycles. The summed E-state index contributed by atoms with van der Waals surface area (Å²) in [6.07, 6.45) is 2.42. The molecule has 14 heteroatoms. The average Bonchev–Trinajstić information content (AvgIpc) is 3.34. The zero-order chi connectivity index (χ0) is 29.9. The molecule has 2 aromatic rings. The zero-order valence-electron chi connectivity index (χ0n) is 23.6. The predicted octanol–water partition coefficient (Wildman–Crippen LogP) is 5.24. The molecule has 0 aliphatic heterocycles. The summed E-state index contributed by atoms with van der Waals surface area (Å²) < 4.78 is 72.8. The number of rotatable bonds is 9. The third-order valence-electron chi connectivity index (χ3n) is 8.05. The molecule has 4 rings (SSSR count). The van der Waals surface area contributed by atoms with E-state index in [1.54, 1.807) is 18.2 Å². The fourth-order valence-corrected chi connectivity index (χ4v) is 6.40. The Morgan fingerprint density at radius 3 is 2.49 bits per heavy atom. The fourth-order valence-electron chi connectivity index (χ4n) is 5.66. The molecule has 4 atom stereocenters. The molecule has 1 aromatic heterocycles. The van der Waals surface area contributed by atoms with E-state index >= 15 is 0 Å². The number of carbonyl (C=O) groups excluding carboxylic acids is 1. The summed E-state index contributed by atoms with van der Waals surface area (Å²) in [4.78, 5) is 20.7. The third-order valence-corrected chi connectivity index (χ3v) is 9.37. The summed E-state index contributed by atoms with van der Waals surface area (Å²) >= 11 is 0. The van der Waals surface area contributed by atoms with E-state index in [0.29, 0.717) is 42.1 Å².